The average Bonchev–Trinajstić information content (AvgIpc) is 3.16. The minimum absolute atomic E-state index is 0.000311. The Hall–Kier alpha value is -2.87. The van der Waals surface area contributed by atoms with Gasteiger partial charge in [-0.05, 0) is 31.0 Å². The van der Waals surface area contributed by atoms with Gasteiger partial charge in [-0.3, -0.25) is 9.20 Å². The van der Waals surface area contributed by atoms with Gasteiger partial charge in [0.25, 0.3) is 5.91 Å². The zero-order chi connectivity index (χ0) is 19.1. The molecule has 0 unspecified atom stereocenters. The summed E-state index contributed by atoms with van der Waals surface area (Å²) in [5, 5.41) is 12.6. The number of imidazole rings is 1. The Morgan fingerprint density at radius 3 is 2.93 bits per heavy atom. The fourth-order valence-corrected chi connectivity index (χ4v) is 4.49. The van der Waals surface area contributed by atoms with Crippen molar-refractivity contribution >= 4 is 33.9 Å². The SMILES string of the molecule is CCCc1nc2sc(CC)c(-c3ccc4c(c3)NC(=O)CO4)n2c1C(=O)O. The number of carboxylic acid groups (broad SMARTS) is 1. The van der Waals surface area contributed by atoms with Crippen LogP contribution in [0, 0.1) is 0 Å². The molecule has 0 aliphatic carbocycles. The van der Waals surface area contributed by atoms with Crippen molar-refractivity contribution in [3.63, 3.8) is 0 Å². The maximum absolute atomic E-state index is 12.0. The van der Waals surface area contributed by atoms with Gasteiger partial charge in [0.05, 0.1) is 17.1 Å². The molecule has 0 saturated carbocycles. The summed E-state index contributed by atoms with van der Waals surface area (Å²) in [6, 6.07) is 5.53. The van der Waals surface area contributed by atoms with Crippen molar-refractivity contribution in [2.75, 3.05) is 11.9 Å². The van der Waals surface area contributed by atoms with Crippen LogP contribution in [0.25, 0.3) is 16.2 Å². The second-order valence-corrected chi connectivity index (χ2v) is 7.42. The van der Waals surface area contributed by atoms with Crippen LogP contribution in [0.5, 0.6) is 5.75 Å². The van der Waals surface area contributed by atoms with E-state index in [4.69, 9.17) is 4.74 Å². The standard InChI is InChI=1S/C19H19N3O4S/c1-3-5-11-17(18(24)25)22-16(14(4-2)27-19(22)21-11)10-6-7-13-12(8-10)20-15(23)9-26-13/h6-8H,3-5,9H2,1-2H3,(H,20,23)(H,24,25). The molecule has 4 rings (SSSR count). The lowest BCUT2D eigenvalue weighted by atomic mass is 10.1. The number of aryl methyl sites for hydroxylation is 2. The summed E-state index contributed by atoms with van der Waals surface area (Å²) in [6.45, 7) is 4.04. The molecular weight excluding hydrogens is 366 g/mol. The lowest BCUT2D eigenvalue weighted by Gasteiger charge is -2.18. The Labute approximate surface area is 159 Å². The van der Waals surface area contributed by atoms with Gasteiger partial charge in [-0.1, -0.05) is 20.3 Å². The van der Waals surface area contributed by atoms with Gasteiger partial charge in [0.15, 0.2) is 17.3 Å². The van der Waals surface area contributed by atoms with Crippen molar-refractivity contribution < 1.29 is 19.4 Å². The van der Waals surface area contributed by atoms with E-state index in [-0.39, 0.29) is 18.2 Å². The van der Waals surface area contributed by atoms with E-state index in [1.54, 1.807) is 10.5 Å². The van der Waals surface area contributed by atoms with Gasteiger partial charge in [-0.2, -0.15) is 0 Å². The molecule has 0 spiro atoms. The van der Waals surface area contributed by atoms with Crippen molar-refractivity contribution in [2.24, 2.45) is 0 Å². The number of benzene rings is 1. The Balaban J connectivity index is 1.96. The van der Waals surface area contributed by atoms with Crippen molar-refractivity contribution in [2.45, 2.75) is 33.1 Å². The molecule has 0 radical (unpaired) electrons. The Kier molecular flexibility index (Phi) is 4.35. The number of ether oxygens (including phenoxy) is 1. The van der Waals surface area contributed by atoms with Gasteiger partial charge in [0, 0.05) is 10.4 Å². The first-order valence-electron chi connectivity index (χ1n) is 8.86. The molecule has 7 nitrogen and oxygen atoms in total. The molecule has 140 valence electrons. The third kappa shape index (κ3) is 2.86. The van der Waals surface area contributed by atoms with Crippen LogP contribution in [0.1, 0.15) is 41.3 Å². The zero-order valence-electron chi connectivity index (χ0n) is 15.0. The number of amides is 1. The molecule has 8 heteroatoms. The van der Waals surface area contributed by atoms with E-state index in [0.717, 1.165) is 29.0 Å². The van der Waals surface area contributed by atoms with E-state index in [2.05, 4.69) is 10.3 Å². The minimum atomic E-state index is -0.984. The van der Waals surface area contributed by atoms with Crippen LogP contribution in [0.4, 0.5) is 5.69 Å². The molecule has 2 aromatic heterocycles. The van der Waals surface area contributed by atoms with Gasteiger partial charge in [0.1, 0.15) is 5.75 Å². The molecule has 0 fully saturated rings. The third-order valence-corrected chi connectivity index (χ3v) is 5.70. The minimum Gasteiger partial charge on any atom is -0.482 e. The van der Waals surface area contributed by atoms with E-state index < -0.39 is 5.97 Å². The number of hydrogen-bond acceptors (Lipinski definition) is 5. The van der Waals surface area contributed by atoms with Crippen LogP contribution in [0.15, 0.2) is 18.2 Å². The zero-order valence-corrected chi connectivity index (χ0v) is 15.9. The highest BCUT2D eigenvalue weighted by Crippen LogP contribution is 2.38. The van der Waals surface area contributed by atoms with Gasteiger partial charge in [-0.25, -0.2) is 9.78 Å². The summed E-state index contributed by atoms with van der Waals surface area (Å²) in [7, 11) is 0. The van der Waals surface area contributed by atoms with E-state index in [1.807, 2.05) is 26.0 Å². The van der Waals surface area contributed by atoms with Gasteiger partial charge >= 0.3 is 5.97 Å². The number of carbonyl (C=O) groups excluding carboxylic acids is 1. The maximum atomic E-state index is 12.0. The van der Waals surface area contributed by atoms with Crippen molar-refractivity contribution in [3.8, 4) is 17.0 Å². The van der Waals surface area contributed by atoms with Crippen LogP contribution in [-0.2, 0) is 17.6 Å². The first-order valence-corrected chi connectivity index (χ1v) is 9.68. The van der Waals surface area contributed by atoms with Crippen LogP contribution in [-0.4, -0.2) is 33.0 Å². The average molecular weight is 385 g/mol. The number of aromatic carboxylic acids is 1. The third-order valence-electron chi connectivity index (χ3n) is 4.52. The molecule has 1 aliphatic heterocycles. The van der Waals surface area contributed by atoms with Crippen molar-refractivity contribution in [1.29, 1.82) is 0 Å². The molecule has 0 saturated heterocycles. The normalized spacial score (nSPS) is 13.3. The lowest BCUT2D eigenvalue weighted by molar-refractivity contribution is -0.118. The molecule has 3 heterocycles. The number of fused-ring (bicyclic) bond motifs is 2. The lowest BCUT2D eigenvalue weighted by Crippen LogP contribution is -2.25. The van der Waals surface area contributed by atoms with Gasteiger partial charge in [0.2, 0.25) is 0 Å². The summed E-state index contributed by atoms with van der Waals surface area (Å²) in [5.41, 5.74) is 3.06. The fourth-order valence-electron chi connectivity index (χ4n) is 3.39. The number of nitrogens with zero attached hydrogens (tertiary/aromatic N) is 2. The summed E-state index contributed by atoms with van der Waals surface area (Å²) >= 11 is 1.50. The van der Waals surface area contributed by atoms with Crippen LogP contribution in [0.2, 0.25) is 0 Å². The Bertz CT molecular complexity index is 1070. The van der Waals surface area contributed by atoms with E-state index in [1.165, 1.54) is 11.3 Å². The molecule has 1 aromatic carbocycles. The summed E-state index contributed by atoms with van der Waals surface area (Å²) in [4.78, 5) is 30.0. The first kappa shape index (κ1) is 17.5. The van der Waals surface area contributed by atoms with Crippen LogP contribution < -0.4 is 10.1 Å². The first-order chi connectivity index (χ1) is 13.0. The maximum Gasteiger partial charge on any atom is 0.354 e. The molecular formula is C19H19N3O4S. The highest BCUT2D eigenvalue weighted by atomic mass is 32.1. The number of hydrogen-bond donors (Lipinski definition) is 2. The number of carboxylic acids is 1. The summed E-state index contributed by atoms with van der Waals surface area (Å²) in [5.74, 6) is -0.578. The predicted molar refractivity (Wildman–Crippen MR) is 103 cm³/mol. The molecule has 1 aliphatic rings. The molecule has 0 bridgehead atoms. The summed E-state index contributed by atoms with van der Waals surface area (Å²) < 4.78 is 7.17. The highest BCUT2D eigenvalue weighted by molar-refractivity contribution is 7.17. The highest BCUT2D eigenvalue weighted by Gasteiger charge is 2.26. The fraction of sp³-hybridized carbons (Fsp3) is 0.316. The monoisotopic (exact) mass is 385 g/mol. The van der Waals surface area contributed by atoms with Gasteiger partial charge < -0.3 is 15.2 Å². The van der Waals surface area contributed by atoms with Crippen molar-refractivity contribution in [3.05, 3.63) is 34.5 Å². The van der Waals surface area contributed by atoms with Crippen LogP contribution >= 0.6 is 11.3 Å². The van der Waals surface area contributed by atoms with Crippen LogP contribution in [0.3, 0.4) is 0 Å². The topological polar surface area (TPSA) is 92.9 Å². The number of aromatic nitrogens is 2. The summed E-state index contributed by atoms with van der Waals surface area (Å²) in [6.07, 6.45) is 2.19. The van der Waals surface area contributed by atoms with Crippen molar-refractivity contribution in [1.82, 2.24) is 9.38 Å². The quantitative estimate of drug-likeness (QED) is 0.700. The largest absolute Gasteiger partial charge is 0.482 e. The number of rotatable bonds is 5. The Morgan fingerprint density at radius 2 is 2.22 bits per heavy atom. The Morgan fingerprint density at radius 1 is 1.41 bits per heavy atom. The van der Waals surface area contributed by atoms with E-state index in [0.29, 0.717) is 28.5 Å². The number of carbonyl (C=O) groups is 2. The molecule has 27 heavy (non-hydrogen) atoms. The number of thiazole rings is 1. The van der Waals surface area contributed by atoms with E-state index >= 15 is 0 Å². The smallest absolute Gasteiger partial charge is 0.354 e. The number of nitrogens with one attached hydrogen (secondary N) is 1. The predicted octanol–water partition coefficient (Wildman–Crippen LogP) is 3.61. The van der Waals surface area contributed by atoms with Gasteiger partial charge in [-0.15, -0.1) is 11.3 Å². The molecule has 1 amide bonds. The second kappa shape index (κ2) is 6.70. The number of anilines is 1. The molecule has 3 aromatic rings. The molecule has 0 atom stereocenters. The second-order valence-electron chi connectivity index (χ2n) is 6.36. The molecule has 2 N–H and O–H groups in total. The van der Waals surface area contributed by atoms with E-state index in [9.17, 15) is 14.7 Å².